The normalized spacial score (nSPS) is 41.7. The first kappa shape index (κ1) is 16.6. The molecule has 0 spiro atoms. The van der Waals surface area contributed by atoms with E-state index in [1.165, 1.54) is 11.1 Å². The van der Waals surface area contributed by atoms with E-state index in [-0.39, 0.29) is 11.2 Å². The van der Waals surface area contributed by atoms with Gasteiger partial charge in [-0.25, -0.2) is 0 Å². The minimum atomic E-state index is -0.638. The van der Waals surface area contributed by atoms with Gasteiger partial charge in [-0.3, -0.25) is 4.79 Å². The minimum Gasteiger partial charge on any atom is -0.387 e. The Labute approximate surface area is 152 Å². The smallest absolute Gasteiger partial charge is 0.174 e. The van der Waals surface area contributed by atoms with Gasteiger partial charge in [0.1, 0.15) is 0 Å². The van der Waals surface area contributed by atoms with Gasteiger partial charge in [0.15, 0.2) is 5.78 Å². The van der Waals surface area contributed by atoms with Crippen LogP contribution in [0.3, 0.4) is 0 Å². The van der Waals surface area contributed by atoms with E-state index in [2.05, 4.69) is 26.0 Å². The number of halogens is 2. The maximum absolute atomic E-state index is 12.0. The third-order valence-electron chi connectivity index (χ3n) is 6.59. The van der Waals surface area contributed by atoms with Gasteiger partial charge in [0.05, 0.1) is 11.1 Å². The molecule has 0 radical (unpaired) electrons. The Hall–Kier alpha value is -0.830. The van der Waals surface area contributed by atoms with Gasteiger partial charge in [0, 0.05) is 16.9 Å². The number of aliphatic hydroxyl groups is 1. The molecular weight excluding hydrogens is 343 g/mol. The van der Waals surface area contributed by atoms with Crippen molar-refractivity contribution in [2.75, 3.05) is 0 Å². The summed E-state index contributed by atoms with van der Waals surface area (Å²) in [6.45, 7) is 4.36. The molecule has 0 bridgehead atoms. The van der Waals surface area contributed by atoms with Gasteiger partial charge >= 0.3 is 0 Å². The lowest BCUT2D eigenvalue weighted by Crippen LogP contribution is -2.48. The summed E-state index contributed by atoms with van der Waals surface area (Å²) in [7, 11) is 0. The highest BCUT2D eigenvalue weighted by Gasteiger charge is 2.51. The molecule has 1 N–H and O–H groups in total. The maximum atomic E-state index is 12.0. The monoisotopic (exact) mass is 364 g/mol. The highest BCUT2D eigenvalue weighted by atomic mass is 35.5. The number of carbonyl (C=O) groups is 1. The molecule has 4 heteroatoms. The average Bonchev–Trinajstić information content (AvgIpc) is 2.55. The van der Waals surface area contributed by atoms with Crippen molar-refractivity contribution in [3.8, 4) is 0 Å². The lowest BCUT2D eigenvalue weighted by molar-refractivity contribution is -0.115. The summed E-state index contributed by atoms with van der Waals surface area (Å²) in [6, 6.07) is 0. The van der Waals surface area contributed by atoms with Crippen molar-refractivity contribution < 1.29 is 9.90 Å². The molecule has 4 aliphatic rings. The predicted octanol–water partition coefficient (Wildman–Crippen LogP) is 4.87. The van der Waals surface area contributed by atoms with Crippen LogP contribution in [0.2, 0.25) is 0 Å². The SMILES string of the molecule is C[C@@H]1CC2=C(Cl)C(=O)CCC2=C2C=C[C@]3(C)[C@@H](O)C(Cl)=CC[C@H]3[C@@H]21. The van der Waals surface area contributed by atoms with Gasteiger partial charge < -0.3 is 5.11 Å². The molecule has 0 unspecified atom stereocenters. The number of ketones is 1. The zero-order valence-electron chi connectivity index (χ0n) is 14.0. The lowest BCUT2D eigenvalue weighted by Gasteiger charge is -2.52. The van der Waals surface area contributed by atoms with Gasteiger partial charge in [-0.1, -0.05) is 55.3 Å². The third kappa shape index (κ3) is 2.16. The maximum Gasteiger partial charge on any atom is 0.174 e. The summed E-state index contributed by atoms with van der Waals surface area (Å²) < 4.78 is 0. The Morgan fingerprint density at radius 1 is 1.25 bits per heavy atom. The fraction of sp³-hybridized carbons (Fsp3) is 0.550. The topological polar surface area (TPSA) is 37.3 Å². The van der Waals surface area contributed by atoms with Crippen molar-refractivity contribution in [3.05, 3.63) is 45.0 Å². The molecule has 5 atom stereocenters. The van der Waals surface area contributed by atoms with Crippen molar-refractivity contribution in [2.24, 2.45) is 23.2 Å². The average molecular weight is 365 g/mol. The highest BCUT2D eigenvalue weighted by Crippen LogP contribution is 2.58. The molecule has 0 fully saturated rings. The van der Waals surface area contributed by atoms with Crippen LogP contribution < -0.4 is 0 Å². The molecule has 128 valence electrons. The lowest BCUT2D eigenvalue weighted by atomic mass is 9.53. The van der Waals surface area contributed by atoms with Gasteiger partial charge in [-0.2, -0.15) is 0 Å². The highest BCUT2D eigenvalue weighted by molar-refractivity contribution is 6.43. The molecule has 2 nitrogen and oxygen atoms in total. The Morgan fingerprint density at radius 3 is 2.75 bits per heavy atom. The van der Waals surface area contributed by atoms with Crippen LogP contribution >= 0.6 is 23.2 Å². The molecule has 0 aromatic heterocycles. The van der Waals surface area contributed by atoms with Crippen molar-refractivity contribution >= 4 is 29.0 Å². The van der Waals surface area contributed by atoms with E-state index >= 15 is 0 Å². The molecule has 4 aliphatic carbocycles. The van der Waals surface area contributed by atoms with Crippen LogP contribution in [-0.2, 0) is 4.79 Å². The number of carbonyl (C=O) groups excluding carboxylic acids is 1. The summed E-state index contributed by atoms with van der Waals surface area (Å²) >= 11 is 12.6. The van der Waals surface area contributed by atoms with Crippen LogP contribution in [0.15, 0.2) is 45.0 Å². The molecular formula is C20H22Cl2O2. The second kappa shape index (κ2) is 5.59. The van der Waals surface area contributed by atoms with E-state index in [0.29, 0.717) is 34.2 Å². The van der Waals surface area contributed by atoms with Crippen molar-refractivity contribution in [3.63, 3.8) is 0 Å². The first-order valence-electron chi connectivity index (χ1n) is 8.72. The number of allylic oxidation sites excluding steroid dienone is 6. The van der Waals surface area contributed by atoms with E-state index in [1.54, 1.807) is 0 Å². The van der Waals surface area contributed by atoms with Crippen LogP contribution in [0.1, 0.15) is 39.5 Å². The zero-order chi connectivity index (χ0) is 17.2. The Balaban J connectivity index is 1.88. The largest absolute Gasteiger partial charge is 0.387 e. The van der Waals surface area contributed by atoms with Crippen molar-refractivity contribution in [1.29, 1.82) is 0 Å². The fourth-order valence-electron chi connectivity index (χ4n) is 5.24. The Kier molecular flexibility index (Phi) is 3.87. The molecule has 0 amide bonds. The summed E-state index contributed by atoms with van der Waals surface area (Å²) in [6.07, 6.45) is 8.68. The van der Waals surface area contributed by atoms with E-state index in [1.807, 2.05) is 6.08 Å². The van der Waals surface area contributed by atoms with Crippen molar-refractivity contribution in [2.45, 2.75) is 45.6 Å². The minimum absolute atomic E-state index is 0.0779. The van der Waals surface area contributed by atoms with Crippen LogP contribution in [-0.4, -0.2) is 17.0 Å². The standard InChI is InChI=1S/C20H22Cl2O2/c1-10-9-13-11(3-6-16(23)18(13)22)12-7-8-20(2)14(17(10)12)4-5-15(21)19(20)24/h5,7-8,10,14,17,19,24H,3-4,6,9H2,1-2H3/t10-,14+,17-,19+,20+/m1/s1. The van der Waals surface area contributed by atoms with E-state index in [4.69, 9.17) is 23.2 Å². The predicted molar refractivity (Wildman–Crippen MR) is 96.7 cm³/mol. The molecule has 0 saturated carbocycles. The number of hydrogen-bond donors (Lipinski definition) is 1. The van der Waals surface area contributed by atoms with Crippen molar-refractivity contribution in [1.82, 2.24) is 0 Å². The molecule has 24 heavy (non-hydrogen) atoms. The van der Waals surface area contributed by atoms with Crippen LogP contribution in [0.5, 0.6) is 0 Å². The number of rotatable bonds is 0. The second-order valence-electron chi connectivity index (χ2n) is 7.89. The zero-order valence-corrected chi connectivity index (χ0v) is 15.5. The summed E-state index contributed by atoms with van der Waals surface area (Å²) in [4.78, 5) is 12.0. The number of Topliss-reactive ketones (excluding diaryl/α,β-unsaturated/α-hetero) is 1. The number of aliphatic hydroxyl groups excluding tert-OH is 1. The van der Waals surface area contributed by atoms with Gasteiger partial charge in [0.25, 0.3) is 0 Å². The molecule has 4 rings (SSSR count). The second-order valence-corrected chi connectivity index (χ2v) is 8.70. The van der Waals surface area contributed by atoms with Gasteiger partial charge in [-0.15, -0.1) is 0 Å². The Morgan fingerprint density at radius 2 is 2.00 bits per heavy atom. The number of fused-ring (bicyclic) bond motifs is 4. The number of hydrogen-bond acceptors (Lipinski definition) is 2. The first-order chi connectivity index (χ1) is 11.3. The molecule has 0 saturated heterocycles. The summed E-state index contributed by atoms with van der Waals surface area (Å²) in [5.41, 5.74) is 3.33. The summed E-state index contributed by atoms with van der Waals surface area (Å²) in [5, 5.41) is 11.7. The van der Waals surface area contributed by atoms with Gasteiger partial charge in [0.2, 0.25) is 0 Å². The fourth-order valence-corrected chi connectivity index (χ4v) is 5.85. The van der Waals surface area contributed by atoms with Gasteiger partial charge in [-0.05, 0) is 53.7 Å². The molecule has 0 aromatic rings. The third-order valence-corrected chi connectivity index (χ3v) is 7.39. The summed E-state index contributed by atoms with van der Waals surface area (Å²) in [5.74, 6) is 1.18. The molecule has 0 aromatic carbocycles. The quantitative estimate of drug-likeness (QED) is 0.665. The Bertz CT molecular complexity index is 743. The van der Waals surface area contributed by atoms with Crippen LogP contribution in [0, 0.1) is 23.2 Å². The van der Waals surface area contributed by atoms with Crippen LogP contribution in [0.4, 0.5) is 0 Å². The van der Waals surface area contributed by atoms with Crippen LogP contribution in [0.25, 0.3) is 0 Å². The first-order valence-corrected chi connectivity index (χ1v) is 9.48. The molecule has 0 heterocycles. The molecule has 0 aliphatic heterocycles. The van der Waals surface area contributed by atoms with E-state index in [9.17, 15) is 9.90 Å². The van der Waals surface area contributed by atoms with E-state index < -0.39 is 6.10 Å². The van der Waals surface area contributed by atoms with E-state index in [0.717, 1.165) is 24.8 Å².